The third kappa shape index (κ3) is 7.70. The Hall–Kier alpha value is -5.53. The summed E-state index contributed by atoms with van der Waals surface area (Å²) in [5.41, 5.74) is 13.6. The molecule has 0 amide bonds. The number of nitrogens with zero attached hydrogens (tertiary/aromatic N) is 2. The quantitative estimate of drug-likeness (QED) is 0.0829. The zero-order valence-electron chi connectivity index (χ0n) is 29.5. The van der Waals surface area contributed by atoms with E-state index < -0.39 is 0 Å². The minimum Gasteiger partial charge on any atom is -0.385 e. The fourth-order valence-corrected chi connectivity index (χ4v) is 6.52. The molecule has 4 heteroatoms. The van der Waals surface area contributed by atoms with Crippen LogP contribution in [0.2, 0.25) is 0 Å². The average Bonchev–Trinajstić information content (AvgIpc) is 3.51. The van der Waals surface area contributed by atoms with Gasteiger partial charge in [-0.2, -0.15) is 6.07 Å². The molecule has 7 rings (SSSR count). The standard InChI is InChI=1S/C47H36N3.CH3.U/c1-4-10-41(31-48)37-23-21-36(22-24-37)40-25-27-45(35(5-2)30-40)47-33(3)29-43(50(47)46-15-8-12-39-11-6-7-14-44(39)46)26-18-34-16-19-38(20-17-34)42-13-9-28-49-32-42;;/h4-28,30-32,48H,1-2H2,3H3;1H3;/q2*-1;+2/b26-18+,41-10+,48-31?;;. The van der Waals surface area contributed by atoms with Crippen molar-refractivity contribution in [2.45, 2.75) is 6.92 Å². The van der Waals surface area contributed by atoms with Gasteiger partial charge in [0.1, 0.15) is 0 Å². The van der Waals surface area contributed by atoms with Crippen molar-refractivity contribution >= 4 is 40.8 Å². The second kappa shape index (κ2) is 17.1. The minimum absolute atomic E-state index is 0. The van der Waals surface area contributed by atoms with Crippen LogP contribution in [-0.4, -0.2) is 15.8 Å². The smallest absolute Gasteiger partial charge is 0.385 e. The molecule has 7 aromatic rings. The van der Waals surface area contributed by atoms with Crippen molar-refractivity contribution in [1.29, 1.82) is 5.41 Å². The molecule has 0 spiro atoms. The molecule has 0 radical (unpaired) electrons. The summed E-state index contributed by atoms with van der Waals surface area (Å²) < 4.78 is 2.33. The van der Waals surface area contributed by atoms with Gasteiger partial charge in [0, 0.05) is 29.7 Å². The molecule has 2 heterocycles. The number of fused-ring (bicyclic) bond motifs is 1. The van der Waals surface area contributed by atoms with Gasteiger partial charge < -0.3 is 17.4 Å². The summed E-state index contributed by atoms with van der Waals surface area (Å²) >= 11 is 0. The van der Waals surface area contributed by atoms with E-state index in [0.29, 0.717) is 0 Å². The van der Waals surface area contributed by atoms with Crippen molar-refractivity contribution < 1.29 is 31.1 Å². The average molecular weight is 896 g/mol. The maximum Gasteiger partial charge on any atom is 2.00 e. The fraction of sp³-hybridized carbons (Fsp3) is 0.0208. The van der Waals surface area contributed by atoms with Crippen molar-refractivity contribution in [3.63, 3.8) is 0 Å². The Morgan fingerprint density at radius 3 is 2.19 bits per heavy atom. The summed E-state index contributed by atoms with van der Waals surface area (Å²) in [6.45, 7) is 10.1. The van der Waals surface area contributed by atoms with Crippen LogP contribution < -0.4 is 0 Å². The molecule has 5 aromatic carbocycles. The van der Waals surface area contributed by atoms with Crippen LogP contribution in [0.25, 0.3) is 73.8 Å². The Morgan fingerprint density at radius 2 is 1.48 bits per heavy atom. The minimum atomic E-state index is 0. The number of pyridine rings is 1. The first-order valence-corrected chi connectivity index (χ1v) is 16.6. The second-order valence-corrected chi connectivity index (χ2v) is 12.1. The van der Waals surface area contributed by atoms with Crippen LogP contribution in [0.5, 0.6) is 0 Å². The van der Waals surface area contributed by atoms with E-state index in [1.165, 1.54) is 17.0 Å². The first-order valence-electron chi connectivity index (χ1n) is 16.6. The number of benzene rings is 5. The molecule has 0 aliphatic carbocycles. The number of hydrogen-bond donors (Lipinski definition) is 1. The summed E-state index contributed by atoms with van der Waals surface area (Å²) in [7, 11) is 0. The van der Waals surface area contributed by atoms with Crippen LogP contribution in [0.4, 0.5) is 0 Å². The molecule has 0 saturated carbocycles. The molecule has 52 heavy (non-hydrogen) atoms. The van der Waals surface area contributed by atoms with Gasteiger partial charge in [-0.3, -0.25) is 4.98 Å². The molecule has 250 valence electrons. The van der Waals surface area contributed by atoms with Crippen LogP contribution in [0, 0.1) is 56.9 Å². The fourth-order valence-electron chi connectivity index (χ4n) is 6.52. The Bertz CT molecular complexity index is 2410. The Labute approximate surface area is 331 Å². The van der Waals surface area contributed by atoms with E-state index in [4.69, 9.17) is 5.41 Å². The van der Waals surface area contributed by atoms with Crippen LogP contribution in [0.3, 0.4) is 0 Å². The van der Waals surface area contributed by atoms with Crippen molar-refractivity contribution in [3.8, 4) is 39.2 Å². The number of aryl methyl sites for hydroxylation is 1. The van der Waals surface area contributed by atoms with Gasteiger partial charge in [-0.05, 0) is 79.4 Å². The predicted octanol–water partition coefficient (Wildman–Crippen LogP) is 12.6. The number of aromatic nitrogens is 2. The van der Waals surface area contributed by atoms with Gasteiger partial charge in [-0.25, -0.2) is 0 Å². The molecular weight excluding hydrogens is 857 g/mol. The molecule has 0 unspecified atom stereocenters. The number of hydrogen-bond acceptors (Lipinski definition) is 2. The normalized spacial score (nSPS) is 11.1. The maximum atomic E-state index is 7.76. The van der Waals surface area contributed by atoms with Crippen molar-refractivity contribution in [1.82, 2.24) is 9.55 Å². The zero-order valence-corrected chi connectivity index (χ0v) is 33.6. The van der Waals surface area contributed by atoms with Crippen LogP contribution in [0.1, 0.15) is 27.9 Å². The van der Waals surface area contributed by atoms with Crippen molar-refractivity contribution in [2.24, 2.45) is 0 Å². The maximum absolute atomic E-state index is 7.76. The molecule has 0 saturated heterocycles. The van der Waals surface area contributed by atoms with E-state index in [0.717, 1.165) is 72.7 Å². The van der Waals surface area contributed by atoms with Gasteiger partial charge in [0.25, 0.3) is 0 Å². The molecular formula is C48H39N3U. The second-order valence-electron chi connectivity index (χ2n) is 12.1. The van der Waals surface area contributed by atoms with E-state index in [-0.39, 0.29) is 38.5 Å². The molecule has 0 aliphatic rings. The van der Waals surface area contributed by atoms with Crippen LogP contribution in [0.15, 0.2) is 159 Å². The van der Waals surface area contributed by atoms with Crippen LogP contribution >= 0.6 is 0 Å². The summed E-state index contributed by atoms with van der Waals surface area (Å²) in [4.78, 5) is 4.27. The topological polar surface area (TPSA) is 41.7 Å². The number of nitrogens with one attached hydrogen (secondary N) is 1. The van der Waals surface area contributed by atoms with E-state index in [1.54, 1.807) is 12.3 Å². The number of allylic oxidation sites excluding steroid dienone is 3. The molecule has 0 atom stereocenters. The Balaban J connectivity index is 0.00000261. The van der Waals surface area contributed by atoms with Crippen LogP contribution in [-0.2, 0) is 0 Å². The molecule has 0 bridgehead atoms. The Kier molecular flexibility index (Phi) is 12.4. The molecule has 1 N–H and O–H groups in total. The summed E-state index contributed by atoms with van der Waals surface area (Å²) in [6, 6.07) is 46.2. The molecule has 2 aromatic heterocycles. The third-order valence-corrected chi connectivity index (χ3v) is 9.01. The molecule has 0 aliphatic heterocycles. The van der Waals surface area contributed by atoms with Gasteiger partial charge in [-0.15, -0.1) is 17.7 Å². The van der Waals surface area contributed by atoms with E-state index in [2.05, 4.69) is 151 Å². The monoisotopic (exact) mass is 895 g/mol. The third-order valence-electron chi connectivity index (χ3n) is 9.01. The van der Waals surface area contributed by atoms with Crippen molar-refractivity contribution in [2.75, 3.05) is 0 Å². The van der Waals surface area contributed by atoms with Gasteiger partial charge in [-0.1, -0.05) is 147 Å². The van der Waals surface area contributed by atoms with Gasteiger partial charge >= 0.3 is 31.1 Å². The van der Waals surface area contributed by atoms with E-state index in [1.807, 2.05) is 36.5 Å². The zero-order chi connectivity index (χ0) is 34.5. The summed E-state index contributed by atoms with van der Waals surface area (Å²) in [5, 5.41) is 10.1. The van der Waals surface area contributed by atoms with Gasteiger partial charge in [0.2, 0.25) is 0 Å². The largest absolute Gasteiger partial charge is 2.00 e. The summed E-state index contributed by atoms with van der Waals surface area (Å²) in [5.74, 6) is 0. The first kappa shape index (κ1) is 37.7. The van der Waals surface area contributed by atoms with E-state index >= 15 is 0 Å². The molecule has 3 nitrogen and oxygen atoms in total. The van der Waals surface area contributed by atoms with Gasteiger partial charge in [0.05, 0.1) is 0 Å². The SMILES string of the molecule is C=C/C=C(\C=N)c1ccc(-c2ccc(-c3c(C)[c-]c(/C=C/c4ccc(-c5cccnc5)cc4)n3-c3cccc4ccccc34)c(C=C)c2)cc1.[CH3-].[U+2]. The number of rotatable bonds is 10. The van der Waals surface area contributed by atoms with Gasteiger partial charge in [0.15, 0.2) is 0 Å². The molecule has 0 fully saturated rings. The van der Waals surface area contributed by atoms with E-state index in [9.17, 15) is 0 Å². The Morgan fingerprint density at radius 1 is 0.769 bits per heavy atom. The predicted molar refractivity (Wildman–Crippen MR) is 220 cm³/mol. The first-order chi connectivity index (χ1) is 24.6. The van der Waals surface area contributed by atoms with Crippen molar-refractivity contribution in [3.05, 3.63) is 200 Å². The summed E-state index contributed by atoms with van der Waals surface area (Å²) in [6.07, 6.45) is 14.8.